The molecule has 106 valence electrons. The summed E-state index contributed by atoms with van der Waals surface area (Å²) in [6.45, 7) is 4.77. The Morgan fingerprint density at radius 1 is 1.21 bits per heavy atom. The maximum absolute atomic E-state index is 13.1. The Morgan fingerprint density at radius 3 is 2.42 bits per heavy atom. The van der Waals surface area contributed by atoms with E-state index < -0.39 is 17.5 Å². The summed E-state index contributed by atoms with van der Waals surface area (Å²) < 4.78 is 44.7. The van der Waals surface area contributed by atoms with Crippen molar-refractivity contribution in [3.8, 4) is 0 Å². The molecular weight excluding hydrogens is 255 g/mol. The molecule has 1 N–H and O–H groups in total. The zero-order valence-electron chi connectivity index (χ0n) is 11.1. The van der Waals surface area contributed by atoms with Gasteiger partial charge in [0, 0.05) is 30.5 Å². The molecule has 0 bridgehead atoms. The SMILES string of the molecule is CC(C)C1CC(Nc2cc(F)c(F)c(F)c2)CCO1. The average molecular weight is 273 g/mol. The standard InChI is InChI=1S/C14H18F3NO/c1-8(2)13-7-9(3-4-19-13)18-10-5-11(15)14(17)12(16)6-10/h5-6,8-9,13,18H,3-4,7H2,1-2H3. The first-order valence-corrected chi connectivity index (χ1v) is 6.50. The van der Waals surface area contributed by atoms with Crippen molar-refractivity contribution in [1.82, 2.24) is 0 Å². The number of halogens is 3. The molecule has 2 nitrogen and oxygen atoms in total. The van der Waals surface area contributed by atoms with Gasteiger partial charge in [0.05, 0.1) is 6.10 Å². The van der Waals surface area contributed by atoms with E-state index in [-0.39, 0.29) is 17.8 Å². The molecule has 1 aliphatic heterocycles. The van der Waals surface area contributed by atoms with Crippen molar-refractivity contribution >= 4 is 5.69 Å². The van der Waals surface area contributed by atoms with Gasteiger partial charge in [-0.3, -0.25) is 0 Å². The number of benzene rings is 1. The molecule has 1 aromatic carbocycles. The molecule has 0 saturated carbocycles. The normalized spacial score (nSPS) is 23.7. The molecule has 1 fully saturated rings. The smallest absolute Gasteiger partial charge is 0.194 e. The van der Waals surface area contributed by atoms with Gasteiger partial charge in [-0.05, 0) is 18.8 Å². The van der Waals surface area contributed by atoms with Crippen molar-refractivity contribution in [3.63, 3.8) is 0 Å². The van der Waals surface area contributed by atoms with Crippen molar-refractivity contribution < 1.29 is 17.9 Å². The lowest BCUT2D eigenvalue weighted by Crippen LogP contribution is -2.36. The fraction of sp³-hybridized carbons (Fsp3) is 0.571. The molecule has 0 spiro atoms. The summed E-state index contributed by atoms with van der Waals surface area (Å²) in [6, 6.07) is 2.06. The third-order valence-electron chi connectivity index (χ3n) is 3.41. The quantitative estimate of drug-likeness (QED) is 0.847. The lowest BCUT2D eigenvalue weighted by molar-refractivity contribution is -0.0160. The second-order valence-corrected chi connectivity index (χ2v) is 5.27. The molecule has 0 radical (unpaired) electrons. The molecule has 1 aliphatic rings. The molecule has 2 atom stereocenters. The Balaban J connectivity index is 2.05. The zero-order valence-corrected chi connectivity index (χ0v) is 11.1. The molecule has 1 heterocycles. The first kappa shape index (κ1) is 14.2. The number of hydrogen-bond donors (Lipinski definition) is 1. The second-order valence-electron chi connectivity index (χ2n) is 5.27. The highest BCUT2D eigenvalue weighted by Gasteiger charge is 2.25. The molecule has 0 amide bonds. The highest BCUT2D eigenvalue weighted by molar-refractivity contribution is 5.45. The van der Waals surface area contributed by atoms with E-state index in [0.29, 0.717) is 12.5 Å². The van der Waals surface area contributed by atoms with Gasteiger partial charge in [0.2, 0.25) is 0 Å². The van der Waals surface area contributed by atoms with E-state index in [1.807, 2.05) is 0 Å². The summed E-state index contributed by atoms with van der Waals surface area (Å²) >= 11 is 0. The van der Waals surface area contributed by atoms with Gasteiger partial charge in [-0.25, -0.2) is 13.2 Å². The van der Waals surface area contributed by atoms with E-state index >= 15 is 0 Å². The Morgan fingerprint density at radius 2 is 1.84 bits per heavy atom. The largest absolute Gasteiger partial charge is 0.382 e. The number of ether oxygens (including phenoxy) is 1. The van der Waals surface area contributed by atoms with Crippen molar-refractivity contribution in [2.75, 3.05) is 11.9 Å². The molecule has 2 rings (SSSR count). The van der Waals surface area contributed by atoms with Crippen LogP contribution in [0.4, 0.5) is 18.9 Å². The van der Waals surface area contributed by atoms with Crippen molar-refractivity contribution in [3.05, 3.63) is 29.6 Å². The Bertz CT molecular complexity index is 427. The van der Waals surface area contributed by atoms with Crippen LogP contribution in [0.5, 0.6) is 0 Å². The van der Waals surface area contributed by atoms with Gasteiger partial charge >= 0.3 is 0 Å². The van der Waals surface area contributed by atoms with Crippen molar-refractivity contribution in [1.29, 1.82) is 0 Å². The predicted octanol–water partition coefficient (Wildman–Crippen LogP) is 3.72. The van der Waals surface area contributed by atoms with E-state index in [4.69, 9.17) is 4.74 Å². The average Bonchev–Trinajstić information content (AvgIpc) is 2.36. The lowest BCUT2D eigenvalue weighted by atomic mass is 9.95. The summed E-state index contributed by atoms with van der Waals surface area (Å²) in [7, 11) is 0. The topological polar surface area (TPSA) is 21.3 Å². The monoisotopic (exact) mass is 273 g/mol. The van der Waals surface area contributed by atoms with Crippen molar-refractivity contribution in [2.24, 2.45) is 5.92 Å². The van der Waals surface area contributed by atoms with E-state index in [1.54, 1.807) is 0 Å². The molecule has 1 saturated heterocycles. The number of hydrogen-bond acceptors (Lipinski definition) is 2. The van der Waals surface area contributed by atoms with Gasteiger partial charge in [-0.2, -0.15) is 0 Å². The zero-order chi connectivity index (χ0) is 14.0. The van der Waals surface area contributed by atoms with E-state index in [0.717, 1.165) is 25.0 Å². The molecule has 2 unspecified atom stereocenters. The molecule has 0 aliphatic carbocycles. The Labute approximate surface area is 111 Å². The van der Waals surface area contributed by atoms with Crippen LogP contribution < -0.4 is 5.32 Å². The van der Waals surface area contributed by atoms with Crippen LogP contribution in [0.15, 0.2) is 12.1 Å². The summed E-state index contributed by atoms with van der Waals surface area (Å²) in [5.74, 6) is -3.38. The molecule has 1 aromatic rings. The van der Waals surface area contributed by atoms with E-state index in [9.17, 15) is 13.2 Å². The number of nitrogens with one attached hydrogen (secondary N) is 1. The minimum Gasteiger partial charge on any atom is -0.382 e. The minimum atomic E-state index is -1.43. The summed E-state index contributed by atoms with van der Waals surface area (Å²) in [5, 5.41) is 3.05. The second kappa shape index (κ2) is 5.82. The molecular formula is C14H18F3NO. The van der Waals surface area contributed by atoms with Crippen LogP contribution in [0.3, 0.4) is 0 Å². The molecule has 19 heavy (non-hydrogen) atoms. The highest BCUT2D eigenvalue weighted by Crippen LogP contribution is 2.24. The number of rotatable bonds is 3. The Kier molecular flexibility index (Phi) is 4.34. The highest BCUT2D eigenvalue weighted by atomic mass is 19.2. The van der Waals surface area contributed by atoms with Gasteiger partial charge < -0.3 is 10.1 Å². The first-order valence-electron chi connectivity index (χ1n) is 6.50. The lowest BCUT2D eigenvalue weighted by Gasteiger charge is -2.33. The Hall–Kier alpha value is -1.23. The van der Waals surface area contributed by atoms with Gasteiger partial charge in [-0.15, -0.1) is 0 Å². The summed E-state index contributed by atoms with van der Waals surface area (Å²) in [6.07, 6.45) is 1.68. The third-order valence-corrected chi connectivity index (χ3v) is 3.41. The van der Waals surface area contributed by atoms with Gasteiger partial charge in [-0.1, -0.05) is 13.8 Å². The van der Waals surface area contributed by atoms with Crippen LogP contribution in [-0.2, 0) is 4.74 Å². The first-order chi connectivity index (χ1) is 8.97. The predicted molar refractivity (Wildman–Crippen MR) is 67.5 cm³/mol. The van der Waals surface area contributed by atoms with Crippen LogP contribution >= 0.6 is 0 Å². The van der Waals surface area contributed by atoms with Gasteiger partial charge in [0.25, 0.3) is 0 Å². The molecule has 0 aromatic heterocycles. The molecule has 5 heteroatoms. The van der Waals surface area contributed by atoms with Crippen LogP contribution in [0.1, 0.15) is 26.7 Å². The maximum atomic E-state index is 13.1. The fourth-order valence-electron chi connectivity index (χ4n) is 2.30. The summed E-state index contributed by atoms with van der Waals surface area (Å²) in [5.41, 5.74) is 0.269. The minimum absolute atomic E-state index is 0.0883. The number of anilines is 1. The summed E-state index contributed by atoms with van der Waals surface area (Å²) in [4.78, 5) is 0. The van der Waals surface area contributed by atoms with E-state index in [1.165, 1.54) is 0 Å². The van der Waals surface area contributed by atoms with Crippen LogP contribution in [0.2, 0.25) is 0 Å². The third kappa shape index (κ3) is 3.41. The maximum Gasteiger partial charge on any atom is 0.194 e. The van der Waals surface area contributed by atoms with Crippen LogP contribution in [0, 0.1) is 23.4 Å². The van der Waals surface area contributed by atoms with Crippen LogP contribution in [0.25, 0.3) is 0 Å². The van der Waals surface area contributed by atoms with Gasteiger partial charge in [0.15, 0.2) is 17.5 Å². The van der Waals surface area contributed by atoms with Crippen molar-refractivity contribution in [2.45, 2.75) is 38.8 Å². The van der Waals surface area contributed by atoms with E-state index in [2.05, 4.69) is 19.2 Å². The fourth-order valence-corrected chi connectivity index (χ4v) is 2.30. The van der Waals surface area contributed by atoms with Gasteiger partial charge in [0.1, 0.15) is 0 Å². The van der Waals surface area contributed by atoms with Crippen LogP contribution in [-0.4, -0.2) is 18.8 Å².